The number of nitrogens with one attached hydrogen (secondary N) is 2. The van der Waals surface area contributed by atoms with Crippen molar-refractivity contribution in [2.45, 2.75) is 6.42 Å². The summed E-state index contributed by atoms with van der Waals surface area (Å²) in [5, 5.41) is 6.02. The second-order valence-electron chi connectivity index (χ2n) is 5.32. The van der Waals surface area contributed by atoms with Crippen LogP contribution in [-0.4, -0.2) is 63.7 Å². The zero-order chi connectivity index (χ0) is 15.8. The molecular weight excluding hydrogens is 284 g/mol. The minimum Gasteiger partial charge on any atom is -0.459 e. The number of carbonyl (C=O) groups is 1. The highest BCUT2D eigenvalue weighted by Crippen LogP contribution is 2.13. The summed E-state index contributed by atoms with van der Waals surface area (Å²) < 4.78 is 10.4. The van der Waals surface area contributed by atoms with Crippen LogP contribution in [0, 0.1) is 5.92 Å². The number of ether oxygens (including phenoxy) is 1. The lowest BCUT2D eigenvalue weighted by molar-refractivity contribution is 0.0926. The second kappa shape index (κ2) is 8.43. The van der Waals surface area contributed by atoms with Crippen LogP contribution in [0.5, 0.6) is 0 Å². The summed E-state index contributed by atoms with van der Waals surface area (Å²) in [5.41, 5.74) is 0. The van der Waals surface area contributed by atoms with Crippen molar-refractivity contribution >= 4 is 11.9 Å². The van der Waals surface area contributed by atoms with E-state index in [1.54, 1.807) is 19.2 Å². The van der Waals surface area contributed by atoms with E-state index in [0.29, 0.717) is 24.8 Å². The number of aliphatic imine (C=N–C) groups is 1. The minimum atomic E-state index is -0.210. The van der Waals surface area contributed by atoms with Gasteiger partial charge in [0.1, 0.15) is 0 Å². The molecule has 0 aromatic carbocycles. The molecule has 1 aliphatic rings. The summed E-state index contributed by atoms with van der Waals surface area (Å²) >= 11 is 0. The van der Waals surface area contributed by atoms with Crippen LogP contribution in [0.15, 0.2) is 27.8 Å². The van der Waals surface area contributed by atoms with E-state index in [-0.39, 0.29) is 5.91 Å². The van der Waals surface area contributed by atoms with Gasteiger partial charge >= 0.3 is 0 Å². The molecule has 1 aliphatic heterocycles. The maximum Gasteiger partial charge on any atom is 0.287 e. The SMILES string of the molecule is CN=C(NCCNC(=O)c1ccco1)N(C)CC1CCOC1. The molecule has 1 fully saturated rings. The highest BCUT2D eigenvalue weighted by molar-refractivity contribution is 5.91. The molecule has 1 aromatic heterocycles. The van der Waals surface area contributed by atoms with E-state index >= 15 is 0 Å². The molecule has 0 saturated carbocycles. The number of rotatable bonds is 6. The monoisotopic (exact) mass is 308 g/mol. The summed E-state index contributed by atoms with van der Waals surface area (Å²) in [7, 11) is 3.76. The summed E-state index contributed by atoms with van der Waals surface area (Å²) in [5.74, 6) is 1.49. The van der Waals surface area contributed by atoms with Crippen LogP contribution < -0.4 is 10.6 Å². The van der Waals surface area contributed by atoms with Gasteiger partial charge in [-0.15, -0.1) is 0 Å². The van der Waals surface area contributed by atoms with Gasteiger partial charge in [0.25, 0.3) is 5.91 Å². The third kappa shape index (κ3) is 4.77. The third-order valence-corrected chi connectivity index (χ3v) is 3.57. The van der Waals surface area contributed by atoms with E-state index < -0.39 is 0 Å². The number of guanidine groups is 1. The molecule has 2 rings (SSSR count). The molecule has 22 heavy (non-hydrogen) atoms. The van der Waals surface area contributed by atoms with Crippen molar-refractivity contribution < 1.29 is 13.9 Å². The summed E-state index contributed by atoms with van der Waals surface area (Å²) in [6.45, 7) is 3.69. The maximum atomic E-state index is 11.7. The van der Waals surface area contributed by atoms with Gasteiger partial charge in [-0.3, -0.25) is 9.79 Å². The van der Waals surface area contributed by atoms with E-state index in [2.05, 4.69) is 20.5 Å². The summed E-state index contributed by atoms with van der Waals surface area (Å²) in [4.78, 5) is 18.0. The lowest BCUT2D eigenvalue weighted by atomic mass is 10.1. The Bertz CT molecular complexity index is 481. The van der Waals surface area contributed by atoms with Crippen molar-refractivity contribution in [1.82, 2.24) is 15.5 Å². The molecule has 1 aromatic rings. The first-order chi connectivity index (χ1) is 10.7. The predicted molar refractivity (Wildman–Crippen MR) is 84.0 cm³/mol. The van der Waals surface area contributed by atoms with E-state index in [1.165, 1.54) is 6.26 Å². The van der Waals surface area contributed by atoms with Gasteiger partial charge in [0.15, 0.2) is 11.7 Å². The standard InChI is InChI=1S/C15H24N4O3/c1-16-15(19(2)10-12-5-9-21-11-12)18-7-6-17-14(20)13-4-3-8-22-13/h3-4,8,12H,5-7,9-11H2,1-2H3,(H,16,18)(H,17,20). The Balaban J connectivity index is 1.66. The van der Waals surface area contributed by atoms with Crippen molar-refractivity contribution in [3.8, 4) is 0 Å². The Kier molecular flexibility index (Phi) is 6.27. The molecule has 0 aliphatic carbocycles. The van der Waals surface area contributed by atoms with Crippen LogP contribution in [0.4, 0.5) is 0 Å². The van der Waals surface area contributed by atoms with Crippen LogP contribution in [0.3, 0.4) is 0 Å². The van der Waals surface area contributed by atoms with E-state index in [0.717, 1.165) is 32.1 Å². The lowest BCUT2D eigenvalue weighted by Crippen LogP contribution is -2.44. The minimum absolute atomic E-state index is 0.210. The van der Waals surface area contributed by atoms with Crippen molar-refractivity contribution in [2.75, 3.05) is 46.9 Å². The van der Waals surface area contributed by atoms with Gasteiger partial charge in [-0.25, -0.2) is 0 Å². The third-order valence-electron chi connectivity index (χ3n) is 3.57. The summed E-state index contributed by atoms with van der Waals surface area (Å²) in [6, 6.07) is 3.33. The van der Waals surface area contributed by atoms with Crippen molar-refractivity contribution in [2.24, 2.45) is 10.9 Å². The summed E-state index contributed by atoms with van der Waals surface area (Å²) in [6.07, 6.45) is 2.58. The average molecular weight is 308 g/mol. The second-order valence-corrected chi connectivity index (χ2v) is 5.32. The van der Waals surface area contributed by atoms with Gasteiger partial charge in [0.05, 0.1) is 12.9 Å². The fourth-order valence-corrected chi connectivity index (χ4v) is 2.43. The van der Waals surface area contributed by atoms with Crippen molar-refractivity contribution in [3.63, 3.8) is 0 Å². The molecule has 0 radical (unpaired) electrons. The van der Waals surface area contributed by atoms with E-state index in [1.807, 2.05) is 7.05 Å². The Morgan fingerprint density at radius 1 is 1.45 bits per heavy atom. The molecule has 0 bridgehead atoms. The molecule has 2 N–H and O–H groups in total. The molecule has 1 unspecified atom stereocenters. The lowest BCUT2D eigenvalue weighted by Gasteiger charge is -2.24. The predicted octanol–water partition coefficient (Wildman–Crippen LogP) is 0.553. The highest BCUT2D eigenvalue weighted by Gasteiger charge is 2.18. The fourth-order valence-electron chi connectivity index (χ4n) is 2.43. The normalized spacial score (nSPS) is 18.3. The molecule has 122 valence electrons. The van der Waals surface area contributed by atoms with Gasteiger partial charge in [0, 0.05) is 46.3 Å². The van der Waals surface area contributed by atoms with Gasteiger partial charge in [0.2, 0.25) is 0 Å². The van der Waals surface area contributed by atoms with Crippen molar-refractivity contribution in [1.29, 1.82) is 0 Å². The van der Waals surface area contributed by atoms with Gasteiger partial charge in [-0.1, -0.05) is 0 Å². The topological polar surface area (TPSA) is 79.1 Å². The first kappa shape index (κ1) is 16.4. The molecule has 2 heterocycles. The highest BCUT2D eigenvalue weighted by atomic mass is 16.5. The molecule has 1 amide bonds. The number of hydrogen-bond donors (Lipinski definition) is 2. The first-order valence-corrected chi connectivity index (χ1v) is 7.52. The number of furan rings is 1. The molecular formula is C15H24N4O3. The van der Waals surface area contributed by atoms with Crippen LogP contribution in [0.25, 0.3) is 0 Å². The van der Waals surface area contributed by atoms with Crippen molar-refractivity contribution in [3.05, 3.63) is 24.2 Å². The van der Waals surface area contributed by atoms with E-state index in [4.69, 9.17) is 9.15 Å². The Labute approximate surface area is 130 Å². The van der Waals surface area contributed by atoms with Crippen LogP contribution in [-0.2, 0) is 4.74 Å². The van der Waals surface area contributed by atoms with Crippen LogP contribution in [0.2, 0.25) is 0 Å². The number of carbonyl (C=O) groups excluding carboxylic acids is 1. The average Bonchev–Trinajstić information content (AvgIpc) is 3.20. The van der Waals surface area contributed by atoms with Gasteiger partial charge in [-0.2, -0.15) is 0 Å². The Hall–Kier alpha value is -2.02. The fraction of sp³-hybridized carbons (Fsp3) is 0.600. The molecule has 7 heteroatoms. The van der Waals surface area contributed by atoms with E-state index in [9.17, 15) is 4.79 Å². The molecule has 1 saturated heterocycles. The molecule has 7 nitrogen and oxygen atoms in total. The number of nitrogens with zero attached hydrogens (tertiary/aromatic N) is 2. The smallest absolute Gasteiger partial charge is 0.287 e. The van der Waals surface area contributed by atoms with Gasteiger partial charge in [-0.05, 0) is 18.6 Å². The zero-order valence-corrected chi connectivity index (χ0v) is 13.2. The number of hydrogen-bond acceptors (Lipinski definition) is 4. The Morgan fingerprint density at radius 2 is 2.27 bits per heavy atom. The van der Waals surface area contributed by atoms with Crippen LogP contribution in [0.1, 0.15) is 17.0 Å². The van der Waals surface area contributed by atoms with Gasteiger partial charge < -0.3 is 24.7 Å². The maximum absolute atomic E-state index is 11.7. The number of amides is 1. The quantitative estimate of drug-likeness (QED) is 0.456. The zero-order valence-electron chi connectivity index (χ0n) is 13.2. The van der Waals surface area contributed by atoms with Crippen LogP contribution >= 0.6 is 0 Å². The first-order valence-electron chi connectivity index (χ1n) is 7.52. The molecule has 1 atom stereocenters. The largest absolute Gasteiger partial charge is 0.459 e. The Morgan fingerprint density at radius 3 is 2.91 bits per heavy atom. The molecule has 0 spiro atoms.